The molecule has 0 radical (unpaired) electrons. The average molecular weight is 430 g/mol. The maximum Gasteiger partial charge on any atom is 0.344 e. The number of carbonyl (C=O) groups excluding carboxylic acids is 1. The number of anilines is 2. The highest BCUT2D eigenvalue weighted by atomic mass is 32.2. The van der Waals surface area contributed by atoms with Gasteiger partial charge in [-0.2, -0.15) is 9.97 Å². The number of likely N-dealkylation sites (tertiary alicyclic amines) is 1. The van der Waals surface area contributed by atoms with Crippen molar-refractivity contribution >= 4 is 29.1 Å². The normalized spacial score (nSPS) is 15.2. The first kappa shape index (κ1) is 22.5. The SMILES string of the molecule is CCCC[S+]([O-])c1ncc(NC)c(N(C=O)Cc2cccc(CN3CCCC3)c2)n1. The van der Waals surface area contributed by atoms with E-state index in [4.69, 9.17) is 0 Å². The van der Waals surface area contributed by atoms with Crippen LogP contribution in [0.15, 0.2) is 35.6 Å². The number of nitrogens with one attached hydrogen (secondary N) is 1. The summed E-state index contributed by atoms with van der Waals surface area (Å²) in [5, 5.41) is 3.30. The molecule has 1 aliphatic rings. The van der Waals surface area contributed by atoms with Gasteiger partial charge < -0.3 is 9.87 Å². The van der Waals surface area contributed by atoms with Gasteiger partial charge in [-0.25, -0.2) is 0 Å². The maximum absolute atomic E-state index is 12.5. The minimum absolute atomic E-state index is 0.270. The predicted molar refractivity (Wildman–Crippen MR) is 121 cm³/mol. The molecular weight excluding hydrogens is 398 g/mol. The van der Waals surface area contributed by atoms with Gasteiger partial charge in [0, 0.05) is 24.8 Å². The van der Waals surface area contributed by atoms with Crippen molar-refractivity contribution in [1.82, 2.24) is 14.9 Å². The fraction of sp³-hybridized carbons (Fsp3) is 0.500. The Kier molecular flexibility index (Phi) is 8.48. The molecule has 1 aromatic heterocycles. The summed E-state index contributed by atoms with van der Waals surface area (Å²) in [6.07, 6.45) is 6.71. The Morgan fingerprint density at radius 3 is 2.77 bits per heavy atom. The van der Waals surface area contributed by atoms with Crippen LogP contribution in [0.4, 0.5) is 11.5 Å². The number of rotatable bonds is 11. The van der Waals surface area contributed by atoms with Crippen molar-refractivity contribution in [2.45, 2.75) is 50.9 Å². The largest absolute Gasteiger partial charge is 0.609 e. The van der Waals surface area contributed by atoms with Gasteiger partial charge in [-0.3, -0.25) is 14.6 Å². The average Bonchev–Trinajstić information content (AvgIpc) is 3.28. The smallest absolute Gasteiger partial charge is 0.344 e. The third kappa shape index (κ3) is 5.93. The molecule has 1 atom stereocenters. The summed E-state index contributed by atoms with van der Waals surface area (Å²) >= 11 is -1.27. The summed E-state index contributed by atoms with van der Waals surface area (Å²) < 4.78 is 12.5. The quantitative estimate of drug-likeness (QED) is 0.335. The van der Waals surface area contributed by atoms with Crippen molar-refractivity contribution in [1.29, 1.82) is 0 Å². The Morgan fingerprint density at radius 2 is 2.07 bits per heavy atom. The minimum atomic E-state index is -1.27. The molecule has 162 valence electrons. The van der Waals surface area contributed by atoms with Crippen LogP contribution in [0.5, 0.6) is 0 Å². The predicted octanol–water partition coefficient (Wildman–Crippen LogP) is 3.18. The zero-order valence-electron chi connectivity index (χ0n) is 17.8. The lowest BCUT2D eigenvalue weighted by molar-refractivity contribution is -0.107. The Hall–Kier alpha value is -2.16. The molecule has 0 aliphatic carbocycles. The van der Waals surface area contributed by atoms with Crippen molar-refractivity contribution in [3.8, 4) is 0 Å². The van der Waals surface area contributed by atoms with Gasteiger partial charge in [-0.1, -0.05) is 37.6 Å². The molecule has 1 N–H and O–H groups in total. The van der Waals surface area contributed by atoms with E-state index in [0.717, 1.165) is 44.4 Å². The Balaban J connectivity index is 1.78. The molecule has 3 rings (SSSR count). The minimum Gasteiger partial charge on any atom is -0.609 e. The van der Waals surface area contributed by atoms with Crippen LogP contribution in [0.1, 0.15) is 43.7 Å². The van der Waals surface area contributed by atoms with Crippen LogP contribution >= 0.6 is 0 Å². The summed E-state index contributed by atoms with van der Waals surface area (Å²) in [4.78, 5) is 24.7. The molecule has 0 saturated carbocycles. The van der Waals surface area contributed by atoms with E-state index in [-0.39, 0.29) is 5.16 Å². The second kappa shape index (κ2) is 11.3. The maximum atomic E-state index is 12.5. The Labute approximate surface area is 182 Å². The molecule has 7 nitrogen and oxygen atoms in total. The highest BCUT2D eigenvalue weighted by molar-refractivity contribution is 7.91. The van der Waals surface area contributed by atoms with E-state index in [9.17, 15) is 9.35 Å². The van der Waals surface area contributed by atoms with Crippen molar-refractivity contribution < 1.29 is 9.35 Å². The Bertz CT molecular complexity index is 829. The molecule has 1 saturated heterocycles. The van der Waals surface area contributed by atoms with Crippen LogP contribution in [0.3, 0.4) is 0 Å². The van der Waals surface area contributed by atoms with Crippen molar-refractivity contribution in [2.75, 3.05) is 36.1 Å². The third-order valence-corrected chi connectivity index (χ3v) is 6.51. The summed E-state index contributed by atoms with van der Waals surface area (Å²) in [6, 6.07) is 8.33. The van der Waals surface area contributed by atoms with Crippen molar-refractivity contribution in [3.05, 3.63) is 41.6 Å². The standard InChI is InChI=1S/C22H31N5O2S/c1-3-4-12-30(29)22-24-14-20(23-2)21(25-22)27(17-28)16-19-9-7-8-18(13-19)15-26-10-5-6-11-26/h7-9,13-14,17,23H,3-6,10-12,15-16H2,1-2H3. The van der Waals surface area contributed by atoms with Crippen LogP contribution in [0.25, 0.3) is 0 Å². The zero-order valence-corrected chi connectivity index (χ0v) is 18.7. The highest BCUT2D eigenvalue weighted by Crippen LogP contribution is 2.25. The number of amides is 1. The molecule has 8 heteroatoms. The lowest BCUT2D eigenvalue weighted by Gasteiger charge is -2.21. The number of aromatic nitrogens is 2. The highest BCUT2D eigenvalue weighted by Gasteiger charge is 2.21. The van der Waals surface area contributed by atoms with Crippen LogP contribution in [0.2, 0.25) is 0 Å². The lowest BCUT2D eigenvalue weighted by Crippen LogP contribution is -2.24. The summed E-state index contributed by atoms with van der Waals surface area (Å²) in [5.41, 5.74) is 2.91. The second-order valence-corrected chi connectivity index (χ2v) is 9.04. The molecule has 1 unspecified atom stereocenters. The monoisotopic (exact) mass is 429 g/mol. The molecule has 2 heterocycles. The van der Waals surface area contributed by atoms with Gasteiger partial charge in [0.25, 0.3) is 0 Å². The van der Waals surface area contributed by atoms with Gasteiger partial charge in [0.15, 0.2) is 5.82 Å². The van der Waals surface area contributed by atoms with Gasteiger partial charge in [0.05, 0.1) is 18.4 Å². The van der Waals surface area contributed by atoms with Crippen molar-refractivity contribution in [2.24, 2.45) is 0 Å². The van der Waals surface area contributed by atoms with E-state index >= 15 is 0 Å². The van der Waals surface area contributed by atoms with E-state index in [1.165, 1.54) is 18.4 Å². The van der Waals surface area contributed by atoms with Crippen LogP contribution < -0.4 is 10.2 Å². The topological polar surface area (TPSA) is 84.4 Å². The first-order valence-corrected chi connectivity index (χ1v) is 11.9. The van der Waals surface area contributed by atoms with Gasteiger partial charge in [0.2, 0.25) is 6.41 Å². The molecule has 1 fully saturated rings. The molecular formula is C22H31N5O2S. The molecule has 0 spiro atoms. The fourth-order valence-electron chi connectivity index (χ4n) is 3.61. The molecule has 1 amide bonds. The fourth-order valence-corrected chi connectivity index (χ4v) is 4.70. The number of unbranched alkanes of at least 4 members (excludes halogenated alkanes) is 1. The number of nitrogens with zero attached hydrogens (tertiary/aromatic N) is 4. The van der Waals surface area contributed by atoms with Crippen LogP contribution in [-0.2, 0) is 29.1 Å². The lowest BCUT2D eigenvalue weighted by atomic mass is 10.1. The first-order valence-electron chi connectivity index (χ1n) is 10.6. The summed E-state index contributed by atoms with van der Waals surface area (Å²) in [5.74, 6) is 0.973. The van der Waals surface area contributed by atoms with Gasteiger partial charge >= 0.3 is 5.16 Å². The number of hydrogen-bond acceptors (Lipinski definition) is 6. The molecule has 1 aromatic carbocycles. The first-order chi connectivity index (χ1) is 14.6. The van der Waals surface area contributed by atoms with E-state index in [1.54, 1.807) is 18.1 Å². The van der Waals surface area contributed by atoms with Crippen LogP contribution in [0, 0.1) is 0 Å². The molecule has 0 bridgehead atoms. The van der Waals surface area contributed by atoms with Crippen LogP contribution in [-0.4, -0.2) is 51.7 Å². The number of hydrogen-bond donors (Lipinski definition) is 1. The van der Waals surface area contributed by atoms with E-state index in [0.29, 0.717) is 23.8 Å². The van der Waals surface area contributed by atoms with Crippen molar-refractivity contribution in [3.63, 3.8) is 0 Å². The number of carbonyl (C=O) groups is 1. The second-order valence-electron chi connectivity index (χ2n) is 7.58. The molecule has 1 aliphatic heterocycles. The number of benzene rings is 1. The summed E-state index contributed by atoms with van der Waals surface area (Å²) in [7, 11) is 1.76. The van der Waals surface area contributed by atoms with Gasteiger partial charge in [-0.05, 0) is 43.5 Å². The summed E-state index contributed by atoms with van der Waals surface area (Å²) in [6.45, 7) is 5.68. The van der Waals surface area contributed by atoms with E-state index in [2.05, 4.69) is 39.2 Å². The van der Waals surface area contributed by atoms with E-state index < -0.39 is 11.2 Å². The molecule has 30 heavy (non-hydrogen) atoms. The van der Waals surface area contributed by atoms with Gasteiger partial charge in [0.1, 0.15) is 5.75 Å². The zero-order chi connectivity index (χ0) is 21.3. The Morgan fingerprint density at radius 1 is 1.30 bits per heavy atom. The third-order valence-electron chi connectivity index (χ3n) is 5.25. The van der Waals surface area contributed by atoms with E-state index in [1.807, 2.05) is 12.1 Å². The van der Waals surface area contributed by atoms with Gasteiger partial charge in [-0.15, -0.1) is 0 Å². The molecule has 2 aromatic rings.